The Balaban J connectivity index is 1.56. The van der Waals surface area contributed by atoms with Crippen LogP contribution in [-0.2, 0) is 6.42 Å². The number of ether oxygens (including phenoxy) is 1. The molecule has 0 unspecified atom stereocenters. The second kappa shape index (κ2) is 7.30. The molecule has 1 atom stereocenters. The van der Waals surface area contributed by atoms with Crippen molar-refractivity contribution in [3.63, 3.8) is 0 Å². The predicted molar refractivity (Wildman–Crippen MR) is 110 cm³/mol. The summed E-state index contributed by atoms with van der Waals surface area (Å²) in [6, 6.07) is 16.7. The average Bonchev–Trinajstić information content (AvgIpc) is 2.68. The molecular weight excluding hydrogens is 342 g/mol. The van der Waals surface area contributed by atoms with E-state index in [1.807, 2.05) is 24.3 Å². The van der Waals surface area contributed by atoms with Crippen LogP contribution in [0.5, 0.6) is 5.75 Å². The summed E-state index contributed by atoms with van der Waals surface area (Å²) in [5.74, 6) is 0.756. The van der Waals surface area contributed by atoms with Gasteiger partial charge in [-0.05, 0) is 66.9 Å². The lowest BCUT2D eigenvalue weighted by Gasteiger charge is -2.27. The van der Waals surface area contributed by atoms with E-state index >= 15 is 0 Å². The van der Waals surface area contributed by atoms with E-state index in [0.717, 1.165) is 35.2 Å². The van der Waals surface area contributed by atoms with Gasteiger partial charge in [0.1, 0.15) is 11.3 Å². The number of rotatable bonds is 3. The van der Waals surface area contributed by atoms with Crippen molar-refractivity contribution in [3.8, 4) is 5.75 Å². The number of aromatic nitrogens is 1. The maximum atomic E-state index is 5.60. The van der Waals surface area contributed by atoms with Gasteiger partial charge in [0.15, 0.2) is 5.11 Å². The molecule has 2 aromatic carbocycles. The number of nitrogens with zero attached hydrogens (tertiary/aromatic N) is 1. The Kier molecular flexibility index (Phi) is 4.71. The Morgan fingerprint density at radius 3 is 2.92 bits per heavy atom. The number of fused-ring (bicyclic) bond motifs is 2. The second-order valence-electron chi connectivity index (χ2n) is 6.46. The summed E-state index contributed by atoms with van der Waals surface area (Å²) in [5, 5.41) is 8.44. The summed E-state index contributed by atoms with van der Waals surface area (Å²) >= 11 is 5.60. The van der Waals surface area contributed by atoms with Crippen molar-refractivity contribution < 1.29 is 4.74 Å². The van der Waals surface area contributed by atoms with Gasteiger partial charge in [-0.15, -0.1) is 0 Å². The van der Waals surface area contributed by atoms with Gasteiger partial charge in [-0.25, -0.2) is 0 Å². The normalized spacial score (nSPS) is 16.0. The number of benzene rings is 2. The molecule has 4 nitrogen and oxygen atoms in total. The molecule has 0 bridgehead atoms. The first kappa shape index (κ1) is 16.8. The Labute approximate surface area is 158 Å². The first-order valence-corrected chi connectivity index (χ1v) is 9.24. The van der Waals surface area contributed by atoms with E-state index in [1.165, 1.54) is 17.5 Å². The predicted octanol–water partition coefficient (Wildman–Crippen LogP) is 4.61. The molecule has 0 aliphatic heterocycles. The number of aryl methyl sites for hydroxylation is 1. The van der Waals surface area contributed by atoms with Gasteiger partial charge in [0, 0.05) is 17.3 Å². The van der Waals surface area contributed by atoms with Crippen LogP contribution < -0.4 is 15.4 Å². The minimum absolute atomic E-state index is 0.252. The summed E-state index contributed by atoms with van der Waals surface area (Å²) in [5.41, 5.74) is 4.52. The van der Waals surface area contributed by atoms with E-state index in [2.05, 4.69) is 39.9 Å². The molecule has 0 saturated heterocycles. The number of hydrogen-bond donors (Lipinski definition) is 2. The van der Waals surface area contributed by atoms with Crippen molar-refractivity contribution in [2.75, 3.05) is 12.4 Å². The van der Waals surface area contributed by atoms with Crippen LogP contribution in [0.3, 0.4) is 0 Å². The Hall–Kier alpha value is -2.66. The minimum Gasteiger partial charge on any atom is -0.494 e. The fourth-order valence-corrected chi connectivity index (χ4v) is 3.89. The monoisotopic (exact) mass is 363 g/mol. The highest BCUT2D eigenvalue weighted by Crippen LogP contribution is 2.31. The number of hydrogen-bond acceptors (Lipinski definition) is 3. The highest BCUT2D eigenvalue weighted by molar-refractivity contribution is 7.80. The van der Waals surface area contributed by atoms with Crippen LogP contribution in [0.2, 0.25) is 0 Å². The highest BCUT2D eigenvalue weighted by atomic mass is 32.1. The zero-order valence-electron chi connectivity index (χ0n) is 14.7. The van der Waals surface area contributed by atoms with Gasteiger partial charge in [-0.3, -0.25) is 4.98 Å². The van der Waals surface area contributed by atoms with Crippen molar-refractivity contribution >= 4 is 33.9 Å². The number of pyridine rings is 1. The van der Waals surface area contributed by atoms with Crippen LogP contribution in [0.1, 0.15) is 30.0 Å². The molecular formula is C21H21N3OS. The zero-order chi connectivity index (χ0) is 17.9. The summed E-state index contributed by atoms with van der Waals surface area (Å²) < 4.78 is 5.41. The quantitative estimate of drug-likeness (QED) is 0.666. The van der Waals surface area contributed by atoms with Gasteiger partial charge >= 0.3 is 0 Å². The molecule has 0 radical (unpaired) electrons. The average molecular weight is 363 g/mol. The number of nitrogens with one attached hydrogen (secondary N) is 2. The van der Waals surface area contributed by atoms with E-state index in [4.69, 9.17) is 17.0 Å². The lowest BCUT2D eigenvalue weighted by Crippen LogP contribution is -2.34. The van der Waals surface area contributed by atoms with Crippen LogP contribution in [-0.4, -0.2) is 17.2 Å². The third kappa shape index (κ3) is 3.22. The molecule has 3 aromatic rings. The van der Waals surface area contributed by atoms with Gasteiger partial charge in [0.05, 0.1) is 13.2 Å². The fourth-order valence-electron chi connectivity index (χ4n) is 3.64. The molecule has 2 N–H and O–H groups in total. The molecule has 1 aromatic heterocycles. The van der Waals surface area contributed by atoms with Crippen LogP contribution >= 0.6 is 12.2 Å². The van der Waals surface area contributed by atoms with Gasteiger partial charge in [0.2, 0.25) is 0 Å². The Morgan fingerprint density at radius 1 is 1.15 bits per heavy atom. The third-order valence-corrected chi connectivity index (χ3v) is 5.10. The molecule has 0 spiro atoms. The fraction of sp³-hybridized carbons (Fsp3) is 0.238. The molecule has 26 heavy (non-hydrogen) atoms. The number of thiocarbonyl (C=S) groups is 1. The molecule has 132 valence electrons. The summed E-state index contributed by atoms with van der Waals surface area (Å²) in [7, 11) is 1.66. The summed E-state index contributed by atoms with van der Waals surface area (Å²) in [6.07, 6.45) is 5.17. The van der Waals surface area contributed by atoms with Gasteiger partial charge < -0.3 is 15.4 Å². The molecule has 0 fully saturated rings. The van der Waals surface area contributed by atoms with Crippen molar-refractivity contribution in [1.82, 2.24) is 10.3 Å². The van der Waals surface area contributed by atoms with E-state index in [-0.39, 0.29) is 6.04 Å². The largest absolute Gasteiger partial charge is 0.494 e. The number of anilines is 1. The van der Waals surface area contributed by atoms with E-state index in [9.17, 15) is 0 Å². The summed E-state index contributed by atoms with van der Waals surface area (Å²) in [6.45, 7) is 0. The standard InChI is InChI=1S/C21H21N3OS/c1-25-19-12-11-18(16-9-5-13-22-20(16)19)24-21(26)23-17-10-4-7-14-6-2-3-8-15(14)17/h2-3,5-6,8-9,11-13,17H,4,7,10H2,1H3,(H2,23,24,26)/t17-/m0/s1. The Morgan fingerprint density at radius 2 is 2.04 bits per heavy atom. The van der Waals surface area contributed by atoms with E-state index < -0.39 is 0 Å². The third-order valence-electron chi connectivity index (χ3n) is 4.88. The Bertz CT molecular complexity index is 957. The SMILES string of the molecule is COc1ccc(NC(=S)N[C@H]2CCCc3ccccc32)c2cccnc12. The summed E-state index contributed by atoms with van der Waals surface area (Å²) in [4.78, 5) is 4.44. The molecule has 0 amide bonds. The number of methoxy groups -OCH3 is 1. The van der Waals surface area contributed by atoms with Crippen LogP contribution in [0.25, 0.3) is 10.9 Å². The van der Waals surface area contributed by atoms with E-state index in [0.29, 0.717) is 5.11 Å². The highest BCUT2D eigenvalue weighted by Gasteiger charge is 2.20. The van der Waals surface area contributed by atoms with Gasteiger partial charge in [-0.2, -0.15) is 0 Å². The second-order valence-corrected chi connectivity index (χ2v) is 6.87. The minimum atomic E-state index is 0.252. The maximum Gasteiger partial charge on any atom is 0.171 e. The van der Waals surface area contributed by atoms with Crippen molar-refractivity contribution in [2.45, 2.75) is 25.3 Å². The first-order chi connectivity index (χ1) is 12.8. The van der Waals surface area contributed by atoms with Crippen LogP contribution in [0.15, 0.2) is 54.7 Å². The molecule has 5 heteroatoms. The topological polar surface area (TPSA) is 46.2 Å². The van der Waals surface area contributed by atoms with E-state index in [1.54, 1.807) is 13.3 Å². The molecule has 1 aliphatic carbocycles. The maximum absolute atomic E-state index is 5.60. The molecule has 0 saturated carbocycles. The van der Waals surface area contributed by atoms with Gasteiger partial charge in [-0.1, -0.05) is 24.3 Å². The molecule has 4 rings (SSSR count). The van der Waals surface area contributed by atoms with Crippen molar-refractivity contribution in [2.24, 2.45) is 0 Å². The zero-order valence-corrected chi connectivity index (χ0v) is 15.5. The van der Waals surface area contributed by atoms with Crippen LogP contribution in [0.4, 0.5) is 5.69 Å². The van der Waals surface area contributed by atoms with Gasteiger partial charge in [0.25, 0.3) is 0 Å². The van der Waals surface area contributed by atoms with Crippen molar-refractivity contribution in [1.29, 1.82) is 0 Å². The van der Waals surface area contributed by atoms with Crippen LogP contribution in [0, 0.1) is 0 Å². The lowest BCUT2D eigenvalue weighted by molar-refractivity contribution is 0.419. The molecule has 1 aliphatic rings. The lowest BCUT2D eigenvalue weighted by atomic mass is 9.88. The molecule has 1 heterocycles. The smallest absolute Gasteiger partial charge is 0.171 e. The first-order valence-electron chi connectivity index (χ1n) is 8.83. The van der Waals surface area contributed by atoms with Crippen molar-refractivity contribution in [3.05, 3.63) is 65.9 Å².